The van der Waals surface area contributed by atoms with Crippen molar-refractivity contribution in [3.63, 3.8) is 0 Å². The van der Waals surface area contributed by atoms with E-state index >= 15 is 0 Å². The van der Waals surface area contributed by atoms with Gasteiger partial charge in [0.1, 0.15) is 5.75 Å². The number of phenols is 1. The molecule has 76 valence electrons. The van der Waals surface area contributed by atoms with Gasteiger partial charge in [0.15, 0.2) is 0 Å². The van der Waals surface area contributed by atoms with Crippen molar-refractivity contribution in [3.05, 3.63) is 54.6 Å². The summed E-state index contributed by atoms with van der Waals surface area (Å²) in [5, 5.41) is 9.71. The minimum absolute atomic E-state index is 0.235. The van der Waals surface area contributed by atoms with Crippen LogP contribution in [0.3, 0.4) is 0 Å². The lowest BCUT2D eigenvalue weighted by Gasteiger charge is -2.09. The monoisotopic (exact) mass is 200 g/mol. The summed E-state index contributed by atoms with van der Waals surface area (Å²) in [7, 11) is 0. The van der Waals surface area contributed by atoms with Crippen molar-refractivity contribution in [2.24, 2.45) is 0 Å². The fraction of sp³-hybridized carbons (Fsp3) is 0.0833. The van der Waals surface area contributed by atoms with Gasteiger partial charge < -0.3 is 9.67 Å². The Morgan fingerprint density at radius 1 is 1.47 bits per heavy atom. The Labute approximate surface area is 88.3 Å². The summed E-state index contributed by atoms with van der Waals surface area (Å²) in [6.45, 7) is 5.91. The molecular weight excluding hydrogens is 188 g/mol. The topological polar surface area (TPSA) is 38.0 Å². The smallest absolute Gasteiger partial charge is 0.124 e. The average molecular weight is 200 g/mol. The van der Waals surface area contributed by atoms with Gasteiger partial charge in [-0.15, -0.1) is 0 Å². The van der Waals surface area contributed by atoms with Crippen molar-refractivity contribution < 1.29 is 5.11 Å². The SMILES string of the molecule is C=C(c1cc(C)ccc1O)n1ccnc1. The molecule has 3 nitrogen and oxygen atoms in total. The number of aromatic nitrogens is 2. The van der Waals surface area contributed by atoms with Crippen LogP contribution in [0.25, 0.3) is 5.70 Å². The van der Waals surface area contributed by atoms with Gasteiger partial charge in [0.25, 0.3) is 0 Å². The molecule has 0 atom stereocenters. The van der Waals surface area contributed by atoms with Crippen LogP contribution in [0.4, 0.5) is 0 Å². The lowest BCUT2D eigenvalue weighted by molar-refractivity contribution is 0.473. The first-order valence-corrected chi connectivity index (χ1v) is 4.65. The Morgan fingerprint density at radius 2 is 2.27 bits per heavy atom. The molecule has 0 saturated carbocycles. The number of phenolic OH excluding ortho intramolecular Hbond substituents is 1. The first kappa shape index (κ1) is 9.52. The average Bonchev–Trinajstić information content (AvgIpc) is 2.74. The van der Waals surface area contributed by atoms with Crippen LogP contribution in [0.1, 0.15) is 11.1 Å². The summed E-state index contributed by atoms with van der Waals surface area (Å²) in [5.74, 6) is 0.235. The maximum absolute atomic E-state index is 9.71. The second-order valence-corrected chi connectivity index (χ2v) is 3.44. The highest BCUT2D eigenvalue weighted by atomic mass is 16.3. The Morgan fingerprint density at radius 3 is 2.93 bits per heavy atom. The zero-order chi connectivity index (χ0) is 10.8. The zero-order valence-electron chi connectivity index (χ0n) is 8.51. The van der Waals surface area contributed by atoms with Gasteiger partial charge in [-0.25, -0.2) is 4.98 Å². The van der Waals surface area contributed by atoms with Crippen molar-refractivity contribution in [2.75, 3.05) is 0 Å². The van der Waals surface area contributed by atoms with Crippen LogP contribution < -0.4 is 0 Å². The van der Waals surface area contributed by atoms with Crippen LogP contribution in [-0.4, -0.2) is 14.7 Å². The third kappa shape index (κ3) is 1.76. The Balaban J connectivity index is 2.46. The lowest BCUT2D eigenvalue weighted by atomic mass is 10.1. The third-order valence-corrected chi connectivity index (χ3v) is 2.28. The quantitative estimate of drug-likeness (QED) is 0.808. The highest BCUT2D eigenvalue weighted by Crippen LogP contribution is 2.25. The van der Waals surface area contributed by atoms with Gasteiger partial charge in [-0.05, 0) is 19.1 Å². The van der Waals surface area contributed by atoms with E-state index in [-0.39, 0.29) is 5.75 Å². The molecule has 0 radical (unpaired) electrons. The van der Waals surface area contributed by atoms with Crippen LogP contribution in [0.2, 0.25) is 0 Å². The predicted molar refractivity (Wildman–Crippen MR) is 59.5 cm³/mol. The lowest BCUT2D eigenvalue weighted by Crippen LogP contribution is -1.95. The summed E-state index contributed by atoms with van der Waals surface area (Å²) >= 11 is 0. The molecule has 2 rings (SSSR count). The molecule has 2 aromatic rings. The van der Waals surface area contributed by atoms with Crippen LogP contribution in [0, 0.1) is 6.92 Å². The van der Waals surface area contributed by atoms with E-state index in [1.54, 1.807) is 29.4 Å². The Hall–Kier alpha value is -2.03. The molecule has 0 unspecified atom stereocenters. The Bertz CT molecular complexity index is 486. The number of benzene rings is 1. The highest BCUT2D eigenvalue weighted by Gasteiger charge is 2.06. The van der Waals surface area contributed by atoms with Crippen molar-refractivity contribution in [2.45, 2.75) is 6.92 Å². The van der Waals surface area contributed by atoms with Gasteiger partial charge >= 0.3 is 0 Å². The summed E-state index contributed by atoms with van der Waals surface area (Å²) < 4.78 is 1.77. The molecule has 15 heavy (non-hydrogen) atoms. The third-order valence-electron chi connectivity index (χ3n) is 2.28. The zero-order valence-corrected chi connectivity index (χ0v) is 8.51. The molecule has 0 aliphatic rings. The molecule has 0 spiro atoms. The van der Waals surface area contributed by atoms with E-state index in [0.29, 0.717) is 5.70 Å². The fourth-order valence-electron chi connectivity index (χ4n) is 1.44. The van der Waals surface area contributed by atoms with E-state index in [4.69, 9.17) is 0 Å². The van der Waals surface area contributed by atoms with Crippen LogP contribution in [0.5, 0.6) is 5.75 Å². The normalized spacial score (nSPS) is 10.2. The summed E-state index contributed by atoms with van der Waals surface area (Å²) in [4.78, 5) is 3.94. The van der Waals surface area contributed by atoms with Crippen molar-refractivity contribution >= 4 is 5.70 Å². The second kappa shape index (κ2) is 3.61. The van der Waals surface area contributed by atoms with Crippen molar-refractivity contribution in [3.8, 4) is 5.75 Å². The van der Waals surface area contributed by atoms with E-state index in [9.17, 15) is 5.11 Å². The first-order chi connectivity index (χ1) is 7.18. The van der Waals surface area contributed by atoms with E-state index in [1.165, 1.54) is 0 Å². The van der Waals surface area contributed by atoms with Gasteiger partial charge in [-0.1, -0.05) is 18.2 Å². The minimum atomic E-state index is 0.235. The minimum Gasteiger partial charge on any atom is -0.507 e. The number of hydrogen-bond donors (Lipinski definition) is 1. The highest BCUT2D eigenvalue weighted by molar-refractivity contribution is 5.69. The van der Waals surface area contributed by atoms with Gasteiger partial charge in [-0.3, -0.25) is 0 Å². The summed E-state index contributed by atoms with van der Waals surface area (Å²) in [6, 6.07) is 5.43. The van der Waals surface area contributed by atoms with E-state index in [2.05, 4.69) is 11.6 Å². The van der Waals surface area contributed by atoms with Crippen molar-refractivity contribution in [1.29, 1.82) is 0 Å². The summed E-state index contributed by atoms with van der Waals surface area (Å²) in [5.41, 5.74) is 2.53. The van der Waals surface area contributed by atoms with Gasteiger partial charge in [0, 0.05) is 18.0 Å². The molecular formula is C12H12N2O. The van der Waals surface area contributed by atoms with Crippen LogP contribution >= 0.6 is 0 Å². The Kier molecular flexibility index (Phi) is 2.29. The van der Waals surface area contributed by atoms with E-state index in [0.717, 1.165) is 11.1 Å². The number of aromatic hydroxyl groups is 1. The molecule has 0 bridgehead atoms. The molecule has 0 aliphatic heterocycles. The van der Waals surface area contributed by atoms with Crippen LogP contribution in [0.15, 0.2) is 43.5 Å². The van der Waals surface area contributed by atoms with Gasteiger partial charge in [-0.2, -0.15) is 0 Å². The van der Waals surface area contributed by atoms with E-state index < -0.39 is 0 Å². The number of imidazole rings is 1. The molecule has 0 fully saturated rings. The number of aryl methyl sites for hydroxylation is 1. The van der Waals surface area contributed by atoms with Gasteiger partial charge in [0.2, 0.25) is 0 Å². The summed E-state index contributed by atoms with van der Waals surface area (Å²) in [6.07, 6.45) is 5.13. The van der Waals surface area contributed by atoms with Crippen molar-refractivity contribution in [1.82, 2.24) is 9.55 Å². The fourth-order valence-corrected chi connectivity index (χ4v) is 1.44. The largest absolute Gasteiger partial charge is 0.507 e. The molecule has 0 amide bonds. The molecule has 1 aromatic heterocycles. The molecule has 0 saturated heterocycles. The predicted octanol–water partition coefficient (Wildman–Crippen LogP) is 2.42. The van der Waals surface area contributed by atoms with E-state index in [1.807, 2.05) is 19.1 Å². The number of hydrogen-bond acceptors (Lipinski definition) is 2. The molecule has 1 aromatic carbocycles. The number of rotatable bonds is 2. The first-order valence-electron chi connectivity index (χ1n) is 4.65. The maximum atomic E-state index is 9.71. The number of nitrogens with zero attached hydrogens (tertiary/aromatic N) is 2. The molecule has 1 N–H and O–H groups in total. The second-order valence-electron chi connectivity index (χ2n) is 3.44. The molecule has 1 heterocycles. The molecule has 3 heteroatoms. The molecule has 0 aliphatic carbocycles. The maximum Gasteiger partial charge on any atom is 0.124 e. The van der Waals surface area contributed by atoms with Crippen LogP contribution in [-0.2, 0) is 0 Å². The standard InChI is InChI=1S/C12H12N2O/c1-9-3-4-12(15)11(7-9)10(2)14-6-5-13-8-14/h3-8,15H,2H2,1H3. The van der Waals surface area contributed by atoms with Gasteiger partial charge in [0.05, 0.1) is 12.0 Å².